The zero-order valence-corrected chi connectivity index (χ0v) is 14.6. The molecule has 0 spiro atoms. The van der Waals surface area contributed by atoms with Crippen LogP contribution in [-0.4, -0.2) is 39.4 Å². The van der Waals surface area contributed by atoms with Crippen molar-refractivity contribution in [2.75, 3.05) is 26.7 Å². The van der Waals surface area contributed by atoms with E-state index in [0.29, 0.717) is 32.1 Å². The Balaban J connectivity index is 0.00000264. The third kappa shape index (κ3) is 4.51. The van der Waals surface area contributed by atoms with Crippen LogP contribution in [0.2, 0.25) is 5.02 Å². The van der Waals surface area contributed by atoms with Gasteiger partial charge in [-0.1, -0.05) is 11.6 Å². The topological polar surface area (TPSA) is 49.4 Å². The Bertz CT molecular complexity index is 653. The third-order valence-corrected chi connectivity index (χ3v) is 5.97. The molecule has 1 heterocycles. The van der Waals surface area contributed by atoms with E-state index in [9.17, 15) is 21.6 Å². The van der Waals surface area contributed by atoms with Gasteiger partial charge in [0.25, 0.3) is 0 Å². The number of benzene rings is 1. The van der Waals surface area contributed by atoms with Gasteiger partial charge in [0.2, 0.25) is 10.0 Å². The summed E-state index contributed by atoms with van der Waals surface area (Å²) in [6.45, 7) is 1.36. The molecule has 1 unspecified atom stereocenters. The predicted octanol–water partition coefficient (Wildman–Crippen LogP) is 3.01. The first kappa shape index (κ1) is 20.5. The highest BCUT2D eigenvalue weighted by atomic mass is 35.5. The largest absolute Gasteiger partial charge is 0.416 e. The fourth-order valence-electron chi connectivity index (χ4n) is 2.50. The van der Waals surface area contributed by atoms with Crippen molar-refractivity contribution in [3.05, 3.63) is 28.8 Å². The van der Waals surface area contributed by atoms with Crippen LogP contribution in [0.3, 0.4) is 0 Å². The summed E-state index contributed by atoms with van der Waals surface area (Å²) in [5.41, 5.74) is -0.967. The lowest BCUT2D eigenvalue weighted by Crippen LogP contribution is -2.30. The SMILES string of the molecule is CNCC1CCN(S(=O)(=O)c2ccc(C(F)(F)F)cc2Cl)C1.Cl. The molecule has 1 aromatic rings. The maximum Gasteiger partial charge on any atom is 0.416 e. The van der Waals surface area contributed by atoms with Crippen LogP contribution in [-0.2, 0) is 16.2 Å². The smallest absolute Gasteiger partial charge is 0.319 e. The van der Waals surface area contributed by atoms with Gasteiger partial charge in [0, 0.05) is 13.1 Å². The second kappa shape index (κ2) is 7.57. The molecule has 0 amide bonds. The molecule has 132 valence electrons. The monoisotopic (exact) mass is 392 g/mol. The zero-order valence-electron chi connectivity index (χ0n) is 12.2. The molecule has 1 aliphatic rings. The number of hydrogen-bond donors (Lipinski definition) is 1. The lowest BCUT2D eigenvalue weighted by atomic mass is 10.1. The van der Waals surface area contributed by atoms with Gasteiger partial charge in [-0.05, 0) is 44.1 Å². The molecule has 4 nitrogen and oxygen atoms in total. The Hall–Kier alpha value is -0.540. The maximum atomic E-state index is 12.6. The van der Waals surface area contributed by atoms with Gasteiger partial charge in [-0.3, -0.25) is 0 Å². The van der Waals surface area contributed by atoms with Crippen molar-refractivity contribution in [1.29, 1.82) is 0 Å². The molecule has 23 heavy (non-hydrogen) atoms. The van der Waals surface area contributed by atoms with E-state index >= 15 is 0 Å². The van der Waals surface area contributed by atoms with E-state index in [0.717, 1.165) is 12.1 Å². The number of nitrogens with zero attached hydrogens (tertiary/aromatic N) is 1. The van der Waals surface area contributed by atoms with Gasteiger partial charge < -0.3 is 5.32 Å². The molecule has 1 fully saturated rings. The van der Waals surface area contributed by atoms with Crippen LogP contribution in [0.5, 0.6) is 0 Å². The number of hydrogen-bond acceptors (Lipinski definition) is 3. The quantitative estimate of drug-likeness (QED) is 0.856. The molecule has 0 aliphatic carbocycles. The molecular weight excluding hydrogens is 376 g/mol. The minimum atomic E-state index is -4.56. The van der Waals surface area contributed by atoms with E-state index in [1.54, 1.807) is 7.05 Å². The van der Waals surface area contributed by atoms with Gasteiger partial charge in [-0.15, -0.1) is 12.4 Å². The van der Waals surface area contributed by atoms with Gasteiger partial charge in [0.15, 0.2) is 0 Å². The van der Waals surface area contributed by atoms with E-state index < -0.39 is 26.8 Å². The fraction of sp³-hybridized carbons (Fsp3) is 0.538. The number of alkyl halides is 3. The molecule has 0 bridgehead atoms. The standard InChI is InChI=1S/C13H16ClF3N2O2S.ClH/c1-18-7-9-4-5-19(8-9)22(20,21)12-3-2-10(6-11(12)14)13(15,16)17;/h2-3,6,9,18H,4-5,7-8H2,1H3;1H. The second-order valence-electron chi connectivity index (χ2n) is 5.22. The van der Waals surface area contributed by atoms with Crippen molar-refractivity contribution >= 4 is 34.0 Å². The second-order valence-corrected chi connectivity index (χ2v) is 7.53. The van der Waals surface area contributed by atoms with Gasteiger partial charge in [0.1, 0.15) is 4.90 Å². The number of halogens is 5. The zero-order chi connectivity index (χ0) is 16.5. The van der Waals surface area contributed by atoms with Crippen molar-refractivity contribution in [3.63, 3.8) is 0 Å². The van der Waals surface area contributed by atoms with Crippen molar-refractivity contribution < 1.29 is 21.6 Å². The molecule has 1 atom stereocenters. The normalized spacial score (nSPS) is 19.6. The minimum absolute atomic E-state index is 0. The van der Waals surface area contributed by atoms with Crippen LogP contribution in [0.4, 0.5) is 13.2 Å². The average molecular weight is 393 g/mol. The first-order valence-corrected chi connectivity index (χ1v) is 8.49. The summed E-state index contributed by atoms with van der Waals surface area (Å²) in [5.74, 6) is 0.188. The minimum Gasteiger partial charge on any atom is -0.319 e. The van der Waals surface area contributed by atoms with E-state index in [2.05, 4.69) is 5.32 Å². The lowest BCUT2D eigenvalue weighted by Gasteiger charge is -2.18. The molecule has 0 aromatic heterocycles. The Kier molecular flexibility index (Phi) is 6.74. The van der Waals surface area contributed by atoms with Crippen molar-refractivity contribution in [2.24, 2.45) is 5.92 Å². The van der Waals surface area contributed by atoms with Crippen molar-refractivity contribution in [1.82, 2.24) is 9.62 Å². The summed E-state index contributed by atoms with van der Waals surface area (Å²) >= 11 is 5.78. The van der Waals surface area contributed by atoms with Crippen LogP contribution in [0.25, 0.3) is 0 Å². The first-order chi connectivity index (χ1) is 10.2. The fourth-order valence-corrected chi connectivity index (χ4v) is 4.55. The first-order valence-electron chi connectivity index (χ1n) is 6.67. The predicted molar refractivity (Wildman–Crippen MR) is 84.5 cm³/mol. The molecular formula is C13H17Cl2F3N2O2S. The Morgan fingerprint density at radius 1 is 1.39 bits per heavy atom. The summed E-state index contributed by atoms with van der Waals surface area (Å²) in [7, 11) is -2.09. The van der Waals surface area contributed by atoms with E-state index in [-0.39, 0.29) is 23.2 Å². The van der Waals surface area contributed by atoms with Crippen LogP contribution >= 0.6 is 24.0 Å². The van der Waals surface area contributed by atoms with E-state index in [1.807, 2.05) is 0 Å². The van der Waals surface area contributed by atoms with Crippen molar-refractivity contribution in [3.8, 4) is 0 Å². The maximum absolute atomic E-state index is 12.6. The van der Waals surface area contributed by atoms with E-state index in [1.165, 1.54) is 4.31 Å². The highest BCUT2D eigenvalue weighted by Crippen LogP contribution is 2.35. The molecule has 10 heteroatoms. The Morgan fingerprint density at radius 3 is 2.57 bits per heavy atom. The molecule has 2 rings (SSSR count). The number of sulfonamides is 1. The molecule has 0 saturated carbocycles. The molecule has 1 aromatic carbocycles. The summed E-state index contributed by atoms with van der Waals surface area (Å²) in [4.78, 5) is -0.285. The van der Waals surface area contributed by atoms with Crippen LogP contribution < -0.4 is 5.32 Å². The van der Waals surface area contributed by atoms with Gasteiger partial charge in [0.05, 0.1) is 10.6 Å². The summed E-state index contributed by atoms with van der Waals surface area (Å²) < 4.78 is 64.1. The number of nitrogens with one attached hydrogen (secondary N) is 1. The highest BCUT2D eigenvalue weighted by molar-refractivity contribution is 7.89. The molecule has 1 saturated heterocycles. The lowest BCUT2D eigenvalue weighted by molar-refractivity contribution is -0.137. The van der Waals surface area contributed by atoms with Gasteiger partial charge >= 0.3 is 6.18 Å². The van der Waals surface area contributed by atoms with E-state index in [4.69, 9.17) is 11.6 Å². The Morgan fingerprint density at radius 2 is 2.04 bits per heavy atom. The molecule has 1 aliphatic heterocycles. The van der Waals surface area contributed by atoms with Crippen LogP contribution in [0.1, 0.15) is 12.0 Å². The molecule has 1 N–H and O–H groups in total. The van der Waals surface area contributed by atoms with Gasteiger partial charge in [-0.25, -0.2) is 8.42 Å². The van der Waals surface area contributed by atoms with Crippen LogP contribution in [0.15, 0.2) is 23.1 Å². The van der Waals surface area contributed by atoms with Gasteiger partial charge in [-0.2, -0.15) is 17.5 Å². The summed E-state index contributed by atoms with van der Waals surface area (Å²) in [5, 5.41) is 2.57. The van der Waals surface area contributed by atoms with Crippen molar-refractivity contribution in [2.45, 2.75) is 17.5 Å². The summed E-state index contributed by atoms with van der Waals surface area (Å²) in [6.07, 6.45) is -3.85. The van der Waals surface area contributed by atoms with Crippen LogP contribution in [0, 0.1) is 5.92 Å². The average Bonchev–Trinajstić information content (AvgIpc) is 2.87. The summed E-state index contributed by atoms with van der Waals surface area (Å²) in [6, 6.07) is 2.31. The highest BCUT2D eigenvalue weighted by Gasteiger charge is 2.35. The Labute approximate surface area is 144 Å². The third-order valence-electron chi connectivity index (χ3n) is 3.62. The molecule has 0 radical (unpaired) electrons. The number of rotatable bonds is 4.